The number of rotatable bonds is 4. The predicted molar refractivity (Wildman–Crippen MR) is 69.0 cm³/mol. The lowest BCUT2D eigenvalue weighted by atomic mass is 9.71. The van der Waals surface area contributed by atoms with Crippen LogP contribution < -0.4 is 0 Å². The molecule has 0 fully saturated rings. The van der Waals surface area contributed by atoms with Crippen molar-refractivity contribution in [2.75, 3.05) is 12.5 Å². The normalized spacial score (nSPS) is 14.8. The van der Waals surface area contributed by atoms with E-state index < -0.39 is 0 Å². The van der Waals surface area contributed by atoms with E-state index in [1.54, 1.807) is 0 Å². The van der Waals surface area contributed by atoms with E-state index in [-0.39, 0.29) is 0 Å². The fraction of sp³-hybridized carbons (Fsp3) is 1.00. The van der Waals surface area contributed by atoms with Crippen LogP contribution in [0.4, 0.5) is 0 Å². The van der Waals surface area contributed by atoms with E-state index in [4.69, 9.17) is 0 Å². The summed E-state index contributed by atoms with van der Waals surface area (Å²) in [4.78, 5) is 0. The fourth-order valence-corrected chi connectivity index (χ4v) is 2.83. The summed E-state index contributed by atoms with van der Waals surface area (Å²) >= 11 is 3.93. The molecule has 0 rings (SSSR count). The molecule has 0 aliphatic rings. The Kier molecular flexibility index (Phi) is 4.28. The van der Waals surface area contributed by atoms with Gasteiger partial charge in [0.15, 0.2) is 0 Å². The van der Waals surface area contributed by atoms with Gasteiger partial charge in [-0.05, 0) is 17.9 Å². The summed E-state index contributed by atoms with van der Waals surface area (Å²) in [6, 6.07) is 0. The van der Waals surface area contributed by atoms with Crippen LogP contribution in [-0.4, -0.2) is 22.0 Å². The maximum atomic E-state index is 2.38. The molecule has 0 amide bonds. The molecule has 0 spiro atoms. The first-order chi connectivity index (χ1) is 5.62. The fourth-order valence-electron chi connectivity index (χ4n) is 1.24. The summed E-state index contributed by atoms with van der Waals surface area (Å²) in [6.07, 6.45) is 4.41. The Bertz CT molecular complexity index is 151. The van der Waals surface area contributed by atoms with Crippen molar-refractivity contribution in [1.29, 1.82) is 0 Å². The van der Waals surface area contributed by atoms with Gasteiger partial charge in [0.2, 0.25) is 0 Å². The monoisotopic (exact) mass is 220 g/mol. The Morgan fingerprint density at radius 3 is 1.00 bits per heavy atom. The second-order valence-corrected chi connectivity index (χ2v) is 7.91. The molecule has 0 bridgehead atoms. The highest BCUT2D eigenvalue weighted by molar-refractivity contribution is 8.01. The van der Waals surface area contributed by atoms with Gasteiger partial charge in [-0.1, -0.05) is 41.5 Å². The zero-order valence-corrected chi connectivity index (χ0v) is 11.9. The zero-order chi connectivity index (χ0) is 10.9. The third kappa shape index (κ3) is 2.38. The summed E-state index contributed by atoms with van der Waals surface area (Å²) in [7, 11) is 0. The van der Waals surface area contributed by atoms with Gasteiger partial charge in [0.25, 0.3) is 0 Å². The van der Waals surface area contributed by atoms with E-state index in [0.29, 0.717) is 14.9 Å². The van der Waals surface area contributed by atoms with Crippen LogP contribution >= 0.6 is 23.5 Å². The van der Waals surface area contributed by atoms with Gasteiger partial charge >= 0.3 is 0 Å². The van der Waals surface area contributed by atoms with Crippen LogP contribution in [-0.2, 0) is 0 Å². The molecule has 0 nitrogen and oxygen atoms in total. The first-order valence-electron chi connectivity index (χ1n) is 4.72. The molecule has 0 radical (unpaired) electrons. The molecular formula is C11H24S2. The molecule has 13 heavy (non-hydrogen) atoms. The molecule has 0 aromatic carbocycles. The first kappa shape index (κ1) is 13.7. The van der Waals surface area contributed by atoms with Gasteiger partial charge in [-0.3, -0.25) is 0 Å². The van der Waals surface area contributed by atoms with Crippen LogP contribution in [0.25, 0.3) is 0 Å². The topological polar surface area (TPSA) is 0 Å². The van der Waals surface area contributed by atoms with Gasteiger partial charge in [0, 0.05) is 9.49 Å². The average Bonchev–Trinajstić information content (AvgIpc) is 2.03. The molecule has 0 aromatic heterocycles. The van der Waals surface area contributed by atoms with Crippen molar-refractivity contribution < 1.29 is 0 Å². The number of hydrogen-bond donors (Lipinski definition) is 0. The van der Waals surface area contributed by atoms with Crippen molar-refractivity contribution in [1.82, 2.24) is 0 Å². The lowest BCUT2D eigenvalue weighted by Gasteiger charge is -2.50. The predicted octanol–water partition coefficient (Wildman–Crippen LogP) is 4.30. The van der Waals surface area contributed by atoms with Crippen molar-refractivity contribution in [2.24, 2.45) is 5.41 Å². The van der Waals surface area contributed by atoms with Crippen LogP contribution in [0.15, 0.2) is 0 Å². The van der Waals surface area contributed by atoms with Crippen molar-refractivity contribution in [2.45, 2.75) is 51.0 Å². The molecule has 2 heteroatoms. The Balaban J connectivity index is 4.95. The van der Waals surface area contributed by atoms with E-state index in [0.717, 1.165) is 0 Å². The van der Waals surface area contributed by atoms with Crippen molar-refractivity contribution in [3.05, 3.63) is 0 Å². The van der Waals surface area contributed by atoms with Crippen LogP contribution in [0.1, 0.15) is 41.5 Å². The number of thioether (sulfide) groups is 2. The summed E-state index contributed by atoms with van der Waals surface area (Å²) in [5, 5.41) is 0. The quantitative estimate of drug-likeness (QED) is 0.693. The van der Waals surface area contributed by atoms with Crippen molar-refractivity contribution >= 4 is 23.5 Å². The highest BCUT2D eigenvalue weighted by atomic mass is 32.2. The second-order valence-electron chi connectivity index (χ2n) is 5.05. The third-order valence-electron chi connectivity index (χ3n) is 4.03. The molecule has 0 N–H and O–H groups in total. The second kappa shape index (κ2) is 4.06. The molecule has 0 unspecified atom stereocenters. The van der Waals surface area contributed by atoms with E-state index in [1.807, 2.05) is 23.5 Å². The lowest BCUT2D eigenvalue weighted by Crippen LogP contribution is -2.49. The molecule has 0 saturated carbocycles. The van der Waals surface area contributed by atoms with E-state index in [1.165, 1.54) is 0 Å². The molecule has 80 valence electrons. The van der Waals surface area contributed by atoms with Gasteiger partial charge in [-0.25, -0.2) is 0 Å². The average molecular weight is 220 g/mol. The minimum absolute atomic E-state index is 0.318. The van der Waals surface area contributed by atoms with Gasteiger partial charge in [-0.2, -0.15) is 23.5 Å². The van der Waals surface area contributed by atoms with Gasteiger partial charge in [0.05, 0.1) is 0 Å². The van der Waals surface area contributed by atoms with E-state index in [2.05, 4.69) is 54.1 Å². The smallest absolute Gasteiger partial charge is 0.0164 e. The third-order valence-corrected chi connectivity index (χ3v) is 7.09. The van der Waals surface area contributed by atoms with Crippen molar-refractivity contribution in [3.63, 3.8) is 0 Å². The molecular weight excluding hydrogens is 196 g/mol. The number of hydrogen-bond acceptors (Lipinski definition) is 2. The van der Waals surface area contributed by atoms with Crippen LogP contribution in [0.5, 0.6) is 0 Å². The Labute approximate surface area is 92.6 Å². The van der Waals surface area contributed by atoms with Gasteiger partial charge < -0.3 is 0 Å². The molecule has 0 heterocycles. The molecule has 0 aromatic rings. The van der Waals surface area contributed by atoms with E-state index >= 15 is 0 Å². The maximum Gasteiger partial charge on any atom is 0.0164 e. The summed E-state index contributed by atoms with van der Waals surface area (Å²) in [5.74, 6) is 0. The highest BCUT2D eigenvalue weighted by Gasteiger charge is 2.47. The maximum absolute atomic E-state index is 2.38. The summed E-state index contributed by atoms with van der Waals surface area (Å²) < 4.78 is 0.638. The largest absolute Gasteiger partial charge is 0.159 e. The lowest BCUT2D eigenvalue weighted by molar-refractivity contribution is 0.220. The summed E-state index contributed by atoms with van der Waals surface area (Å²) in [5.41, 5.74) is 0.318. The molecule has 0 atom stereocenters. The molecule has 0 aliphatic carbocycles. The van der Waals surface area contributed by atoms with Gasteiger partial charge in [0.1, 0.15) is 0 Å². The van der Waals surface area contributed by atoms with Crippen molar-refractivity contribution in [3.8, 4) is 0 Å². The van der Waals surface area contributed by atoms with Crippen LogP contribution in [0, 0.1) is 5.41 Å². The zero-order valence-electron chi connectivity index (χ0n) is 10.3. The Morgan fingerprint density at radius 2 is 0.846 bits per heavy atom. The summed E-state index contributed by atoms with van der Waals surface area (Å²) in [6.45, 7) is 14.1. The SMILES string of the molecule is CSC(C)(C)C(C)(C)C(C)(C)SC. The Hall–Kier alpha value is 0.700. The molecule has 0 saturated heterocycles. The van der Waals surface area contributed by atoms with Gasteiger partial charge in [-0.15, -0.1) is 0 Å². The highest BCUT2D eigenvalue weighted by Crippen LogP contribution is 2.52. The minimum atomic E-state index is 0.318. The Morgan fingerprint density at radius 1 is 0.615 bits per heavy atom. The van der Waals surface area contributed by atoms with E-state index in [9.17, 15) is 0 Å². The first-order valence-corrected chi connectivity index (χ1v) is 7.17. The standard InChI is InChI=1S/C11H24S2/c1-9(2,10(3,4)12-7)11(5,6)13-8/h1-8H3. The van der Waals surface area contributed by atoms with Crippen LogP contribution in [0.2, 0.25) is 0 Å². The molecule has 0 aliphatic heterocycles. The van der Waals surface area contributed by atoms with Crippen LogP contribution in [0.3, 0.4) is 0 Å². The minimum Gasteiger partial charge on any atom is -0.159 e.